The monoisotopic (exact) mass is 439 g/mol. The Kier molecular flexibility index (Phi) is 5.48. The average Bonchev–Trinajstić information content (AvgIpc) is 3.13. The first-order valence-corrected chi connectivity index (χ1v) is 12.2. The summed E-state index contributed by atoms with van der Waals surface area (Å²) in [5.74, 6) is -0.256. The van der Waals surface area contributed by atoms with Crippen molar-refractivity contribution >= 4 is 23.4 Å². The summed E-state index contributed by atoms with van der Waals surface area (Å²) >= 11 is 0. The number of benzene rings is 1. The Hall–Kier alpha value is -2.41. The molecule has 172 valence electrons. The predicted octanol–water partition coefficient (Wildman–Crippen LogP) is 4.43. The van der Waals surface area contributed by atoms with Crippen LogP contribution in [0.4, 0.5) is 10.5 Å². The third kappa shape index (κ3) is 3.41. The molecule has 3 saturated carbocycles. The molecule has 1 spiro atoms. The minimum absolute atomic E-state index is 0.233. The Morgan fingerprint density at radius 3 is 2.59 bits per heavy atom. The summed E-state index contributed by atoms with van der Waals surface area (Å²) in [7, 11) is 0. The molecule has 0 aromatic heterocycles. The number of aliphatic hydroxyl groups is 1. The minimum Gasteiger partial charge on any atom is -0.465 e. The van der Waals surface area contributed by atoms with Gasteiger partial charge in [-0.2, -0.15) is 5.10 Å². The second-order valence-corrected chi connectivity index (χ2v) is 9.80. The second-order valence-electron chi connectivity index (χ2n) is 9.80. The lowest BCUT2D eigenvalue weighted by Gasteiger charge is -2.33. The molecule has 7 nitrogen and oxygen atoms in total. The smallest absolute Gasteiger partial charge is 0.347 e. The van der Waals surface area contributed by atoms with E-state index in [4.69, 9.17) is 9.84 Å². The molecule has 1 aromatic rings. The number of anilines is 1. The molecule has 0 saturated heterocycles. The van der Waals surface area contributed by atoms with Crippen molar-refractivity contribution < 1.29 is 19.4 Å². The number of ether oxygens (including phenoxy) is 1. The lowest BCUT2D eigenvalue weighted by Crippen LogP contribution is -2.51. The van der Waals surface area contributed by atoms with Crippen molar-refractivity contribution in [3.63, 3.8) is 0 Å². The highest BCUT2D eigenvalue weighted by Crippen LogP contribution is 2.67. The predicted molar refractivity (Wildman–Crippen MR) is 121 cm³/mol. The lowest BCUT2D eigenvalue weighted by atomic mass is 9.83. The summed E-state index contributed by atoms with van der Waals surface area (Å²) in [4.78, 5) is 27.8. The number of hydrazone groups is 1. The SMILES string of the molecule is CCOC(=O)CN1N=C(C2CCCCC2)c2ccccc2N(C2(O)CC23CCCC3)C1=O. The first kappa shape index (κ1) is 21.4. The van der Waals surface area contributed by atoms with Crippen LogP contribution in [0.2, 0.25) is 0 Å². The second kappa shape index (κ2) is 8.18. The quantitative estimate of drug-likeness (QED) is 0.688. The summed E-state index contributed by atoms with van der Waals surface area (Å²) in [6, 6.07) is 7.35. The van der Waals surface area contributed by atoms with E-state index < -0.39 is 17.7 Å². The number of carbonyl (C=O) groups excluding carboxylic acids is 2. The average molecular weight is 440 g/mol. The van der Waals surface area contributed by atoms with Gasteiger partial charge in [-0.05, 0) is 38.7 Å². The molecule has 0 radical (unpaired) electrons. The fourth-order valence-corrected chi connectivity index (χ4v) is 6.17. The van der Waals surface area contributed by atoms with Gasteiger partial charge in [-0.1, -0.05) is 50.3 Å². The van der Waals surface area contributed by atoms with Gasteiger partial charge in [-0.25, -0.2) is 9.80 Å². The van der Waals surface area contributed by atoms with E-state index >= 15 is 0 Å². The fourth-order valence-electron chi connectivity index (χ4n) is 6.17. The van der Waals surface area contributed by atoms with Gasteiger partial charge in [0, 0.05) is 23.3 Å². The standard InChI is InChI=1S/C25H33N3O4/c1-2-32-21(29)16-27-23(30)28(25(31)17-24(25)14-8-9-15-24)20-13-7-6-12-19(20)22(26-27)18-10-4-3-5-11-18/h6-7,12-13,18,31H,2-5,8-11,14-17H2,1H3. The molecule has 2 amide bonds. The van der Waals surface area contributed by atoms with Crippen LogP contribution in [0.5, 0.6) is 0 Å². The highest BCUT2D eigenvalue weighted by atomic mass is 16.5. The summed E-state index contributed by atoms with van der Waals surface area (Å²) < 4.78 is 5.14. The zero-order chi connectivity index (χ0) is 22.3. The molecule has 1 heterocycles. The van der Waals surface area contributed by atoms with Crippen molar-refractivity contribution in [1.82, 2.24) is 5.01 Å². The van der Waals surface area contributed by atoms with Crippen molar-refractivity contribution in [1.29, 1.82) is 0 Å². The van der Waals surface area contributed by atoms with Crippen LogP contribution >= 0.6 is 0 Å². The number of rotatable bonds is 5. The molecule has 1 unspecified atom stereocenters. The first-order valence-electron chi connectivity index (χ1n) is 12.2. The zero-order valence-corrected chi connectivity index (χ0v) is 18.9. The molecule has 0 bridgehead atoms. The van der Waals surface area contributed by atoms with E-state index in [0.29, 0.717) is 12.1 Å². The summed E-state index contributed by atoms with van der Waals surface area (Å²) in [5, 5.41) is 17.8. The van der Waals surface area contributed by atoms with Crippen LogP contribution in [-0.4, -0.2) is 46.7 Å². The van der Waals surface area contributed by atoms with Gasteiger partial charge in [-0.15, -0.1) is 0 Å². The van der Waals surface area contributed by atoms with Gasteiger partial charge in [0.15, 0.2) is 5.72 Å². The van der Waals surface area contributed by atoms with Crippen LogP contribution in [0.25, 0.3) is 0 Å². The zero-order valence-electron chi connectivity index (χ0n) is 18.9. The third-order valence-corrected chi connectivity index (χ3v) is 7.88. The van der Waals surface area contributed by atoms with E-state index in [0.717, 1.165) is 62.6 Å². The van der Waals surface area contributed by atoms with E-state index in [1.807, 2.05) is 24.3 Å². The lowest BCUT2D eigenvalue weighted by molar-refractivity contribution is -0.143. The van der Waals surface area contributed by atoms with Crippen LogP contribution in [0.15, 0.2) is 29.4 Å². The molecule has 1 atom stereocenters. The van der Waals surface area contributed by atoms with E-state index in [-0.39, 0.29) is 24.5 Å². The Morgan fingerprint density at radius 2 is 1.88 bits per heavy atom. The van der Waals surface area contributed by atoms with Crippen LogP contribution in [0.1, 0.15) is 76.7 Å². The van der Waals surface area contributed by atoms with Gasteiger partial charge in [0.25, 0.3) is 0 Å². The van der Waals surface area contributed by atoms with E-state index in [1.165, 1.54) is 11.4 Å². The Morgan fingerprint density at radius 1 is 1.16 bits per heavy atom. The van der Waals surface area contributed by atoms with Crippen molar-refractivity contribution in [3.05, 3.63) is 29.8 Å². The molecule has 3 fully saturated rings. The summed E-state index contributed by atoms with van der Waals surface area (Å²) in [5.41, 5.74) is 0.971. The number of para-hydroxylation sites is 1. The van der Waals surface area contributed by atoms with E-state index in [1.54, 1.807) is 11.8 Å². The highest BCUT2D eigenvalue weighted by molar-refractivity contribution is 6.12. The molecule has 1 aromatic carbocycles. The molecule has 1 N–H and O–H groups in total. The number of nitrogens with zero attached hydrogens (tertiary/aromatic N) is 3. The number of urea groups is 1. The van der Waals surface area contributed by atoms with Gasteiger partial charge in [0.05, 0.1) is 18.0 Å². The van der Waals surface area contributed by atoms with Gasteiger partial charge < -0.3 is 9.84 Å². The van der Waals surface area contributed by atoms with Crippen LogP contribution < -0.4 is 4.90 Å². The molecular formula is C25H33N3O4. The van der Waals surface area contributed by atoms with Gasteiger partial charge in [0.1, 0.15) is 6.54 Å². The molecule has 4 aliphatic rings. The first-order chi connectivity index (χ1) is 15.5. The maximum Gasteiger partial charge on any atom is 0.347 e. The number of hydrogen-bond acceptors (Lipinski definition) is 5. The molecule has 1 aliphatic heterocycles. The Labute approximate surface area is 189 Å². The number of fused-ring (bicyclic) bond motifs is 1. The third-order valence-electron chi connectivity index (χ3n) is 7.88. The number of carbonyl (C=O) groups is 2. The summed E-state index contributed by atoms with van der Waals surface area (Å²) in [6.07, 6.45) is 10.1. The van der Waals surface area contributed by atoms with Crippen LogP contribution in [0, 0.1) is 11.3 Å². The van der Waals surface area contributed by atoms with E-state index in [9.17, 15) is 14.7 Å². The molecular weight excluding hydrogens is 406 g/mol. The maximum absolute atomic E-state index is 13.9. The topological polar surface area (TPSA) is 82.4 Å². The normalized spacial score (nSPS) is 27.2. The highest BCUT2D eigenvalue weighted by Gasteiger charge is 2.72. The summed E-state index contributed by atoms with van der Waals surface area (Å²) in [6.45, 7) is 1.74. The molecule has 7 heteroatoms. The van der Waals surface area contributed by atoms with Crippen LogP contribution in [0.3, 0.4) is 0 Å². The van der Waals surface area contributed by atoms with Crippen molar-refractivity contribution in [2.24, 2.45) is 16.4 Å². The van der Waals surface area contributed by atoms with Crippen molar-refractivity contribution in [3.8, 4) is 0 Å². The molecule has 3 aliphatic carbocycles. The van der Waals surface area contributed by atoms with Gasteiger partial charge >= 0.3 is 12.0 Å². The number of amides is 2. The fraction of sp³-hybridized carbons (Fsp3) is 0.640. The minimum atomic E-state index is -1.23. The van der Waals surface area contributed by atoms with Gasteiger partial charge in [0.2, 0.25) is 0 Å². The number of hydrogen-bond donors (Lipinski definition) is 1. The van der Waals surface area contributed by atoms with E-state index in [2.05, 4.69) is 0 Å². The maximum atomic E-state index is 13.9. The van der Waals surface area contributed by atoms with Crippen LogP contribution in [-0.2, 0) is 9.53 Å². The Balaban J connectivity index is 1.60. The Bertz CT molecular complexity index is 933. The molecule has 5 rings (SSSR count). The molecule has 32 heavy (non-hydrogen) atoms. The van der Waals surface area contributed by atoms with Crippen molar-refractivity contribution in [2.75, 3.05) is 18.1 Å². The van der Waals surface area contributed by atoms with Crippen molar-refractivity contribution in [2.45, 2.75) is 76.9 Å². The number of esters is 1. The largest absolute Gasteiger partial charge is 0.465 e. The van der Waals surface area contributed by atoms with Gasteiger partial charge in [-0.3, -0.25) is 9.69 Å².